The molecule has 2 aromatic heterocycles. The normalized spacial score (nSPS) is 15.2. The van der Waals surface area contributed by atoms with E-state index in [1.165, 1.54) is 36.1 Å². The van der Waals surface area contributed by atoms with Crippen LogP contribution in [-0.4, -0.2) is 15.7 Å². The number of anilines is 1. The Bertz CT molecular complexity index is 619. The highest BCUT2D eigenvalue weighted by Crippen LogP contribution is 2.37. The van der Waals surface area contributed by atoms with Crippen LogP contribution in [0.4, 0.5) is 5.82 Å². The fourth-order valence-corrected chi connectivity index (χ4v) is 4.45. The number of hydrogen-bond acceptors (Lipinski definition) is 5. The molecular formula is C14H17N3S2. The molecule has 1 aliphatic rings. The van der Waals surface area contributed by atoms with Crippen molar-refractivity contribution in [3.05, 3.63) is 23.1 Å². The number of nitrogens with zero attached hydrogens (tertiary/aromatic N) is 2. The van der Waals surface area contributed by atoms with Crippen molar-refractivity contribution in [1.29, 1.82) is 0 Å². The highest BCUT2D eigenvalue weighted by atomic mass is 32.2. The molecule has 2 heterocycles. The van der Waals surface area contributed by atoms with Crippen LogP contribution in [0.2, 0.25) is 0 Å². The molecule has 0 spiro atoms. The van der Waals surface area contributed by atoms with Crippen LogP contribution in [0.1, 0.15) is 29.7 Å². The van der Waals surface area contributed by atoms with Crippen molar-refractivity contribution in [1.82, 2.24) is 9.97 Å². The van der Waals surface area contributed by atoms with Gasteiger partial charge in [-0.25, -0.2) is 9.97 Å². The second-order valence-electron chi connectivity index (χ2n) is 4.74. The van der Waals surface area contributed by atoms with Gasteiger partial charge in [-0.3, -0.25) is 0 Å². The lowest BCUT2D eigenvalue weighted by molar-refractivity contribution is 0.713. The van der Waals surface area contributed by atoms with Crippen molar-refractivity contribution < 1.29 is 0 Å². The number of aromatic nitrogens is 2. The van der Waals surface area contributed by atoms with Crippen molar-refractivity contribution in [2.75, 3.05) is 11.5 Å². The van der Waals surface area contributed by atoms with Crippen molar-refractivity contribution in [3.8, 4) is 0 Å². The number of aryl methyl sites for hydroxylation is 2. The van der Waals surface area contributed by atoms with Crippen LogP contribution in [0.25, 0.3) is 10.2 Å². The van der Waals surface area contributed by atoms with Crippen LogP contribution in [0.5, 0.6) is 0 Å². The van der Waals surface area contributed by atoms with Gasteiger partial charge >= 0.3 is 0 Å². The summed E-state index contributed by atoms with van der Waals surface area (Å²) in [6, 6.07) is 0. The van der Waals surface area contributed by atoms with E-state index in [0.717, 1.165) is 27.5 Å². The molecule has 0 aromatic carbocycles. The van der Waals surface area contributed by atoms with E-state index in [0.29, 0.717) is 5.82 Å². The number of hydrogen-bond donors (Lipinski definition) is 1. The molecule has 0 fully saturated rings. The van der Waals surface area contributed by atoms with Crippen LogP contribution in [0, 0.1) is 0 Å². The summed E-state index contributed by atoms with van der Waals surface area (Å²) in [7, 11) is 0. The Hall–Kier alpha value is -1.07. The van der Waals surface area contributed by atoms with Crippen LogP contribution in [-0.2, 0) is 12.8 Å². The Morgan fingerprint density at radius 1 is 1.26 bits per heavy atom. The van der Waals surface area contributed by atoms with Crippen LogP contribution < -0.4 is 5.73 Å². The van der Waals surface area contributed by atoms with E-state index in [2.05, 4.69) is 16.5 Å². The molecule has 0 radical (unpaired) electrons. The fourth-order valence-electron chi connectivity index (χ4n) is 2.54. The highest BCUT2D eigenvalue weighted by molar-refractivity contribution is 7.99. The van der Waals surface area contributed by atoms with Gasteiger partial charge in [0.25, 0.3) is 0 Å². The summed E-state index contributed by atoms with van der Waals surface area (Å²) in [5.74, 6) is 1.46. The Balaban J connectivity index is 2.08. The number of rotatable bonds is 3. The maximum atomic E-state index is 6.16. The minimum absolute atomic E-state index is 0.649. The third kappa shape index (κ3) is 2.49. The molecule has 100 valence electrons. The first-order valence-electron chi connectivity index (χ1n) is 6.61. The number of nitrogen functional groups attached to an aromatic ring is 1. The molecule has 0 atom stereocenters. The molecule has 2 N–H and O–H groups in total. The highest BCUT2D eigenvalue weighted by Gasteiger charge is 2.19. The Morgan fingerprint density at radius 2 is 2.11 bits per heavy atom. The molecule has 0 amide bonds. The zero-order valence-corrected chi connectivity index (χ0v) is 12.4. The number of thioether (sulfide) groups is 1. The lowest BCUT2D eigenvalue weighted by Gasteiger charge is -2.03. The molecule has 19 heavy (non-hydrogen) atoms. The third-order valence-electron chi connectivity index (χ3n) is 3.40. The first-order valence-corrected chi connectivity index (χ1v) is 8.41. The van der Waals surface area contributed by atoms with E-state index in [-0.39, 0.29) is 0 Å². The maximum Gasteiger partial charge on any atom is 0.191 e. The molecule has 0 unspecified atom stereocenters. The second kappa shape index (κ2) is 5.51. The van der Waals surface area contributed by atoms with E-state index in [4.69, 9.17) is 5.73 Å². The minimum atomic E-state index is 0.649. The molecule has 0 saturated heterocycles. The van der Waals surface area contributed by atoms with Gasteiger partial charge in [0.05, 0.1) is 5.39 Å². The van der Waals surface area contributed by atoms with Crippen molar-refractivity contribution in [3.63, 3.8) is 0 Å². The molecule has 5 heteroatoms. The van der Waals surface area contributed by atoms with Crippen molar-refractivity contribution in [2.24, 2.45) is 0 Å². The van der Waals surface area contributed by atoms with Crippen molar-refractivity contribution >= 4 is 39.1 Å². The quantitative estimate of drug-likeness (QED) is 0.404. The lowest BCUT2D eigenvalue weighted by Crippen LogP contribution is -1.97. The van der Waals surface area contributed by atoms with Gasteiger partial charge < -0.3 is 5.73 Å². The van der Waals surface area contributed by atoms with Gasteiger partial charge in [-0.05, 0) is 31.2 Å². The summed E-state index contributed by atoms with van der Waals surface area (Å²) in [4.78, 5) is 11.6. The molecule has 1 aliphatic carbocycles. The molecule has 0 saturated carbocycles. The largest absolute Gasteiger partial charge is 0.383 e. The van der Waals surface area contributed by atoms with E-state index in [9.17, 15) is 0 Å². The fraction of sp³-hybridized carbons (Fsp3) is 0.429. The topological polar surface area (TPSA) is 51.8 Å². The van der Waals surface area contributed by atoms with Gasteiger partial charge in [-0.2, -0.15) is 0 Å². The lowest BCUT2D eigenvalue weighted by atomic mass is 10.1. The minimum Gasteiger partial charge on any atom is -0.383 e. The Labute approximate surface area is 121 Å². The van der Waals surface area contributed by atoms with Crippen molar-refractivity contribution in [2.45, 2.75) is 37.3 Å². The zero-order valence-electron chi connectivity index (χ0n) is 10.8. The molecule has 3 rings (SSSR count). The summed E-state index contributed by atoms with van der Waals surface area (Å²) in [6.45, 7) is 3.72. The summed E-state index contributed by atoms with van der Waals surface area (Å²) in [5.41, 5.74) is 7.58. The van der Waals surface area contributed by atoms with Crippen LogP contribution in [0.3, 0.4) is 0 Å². The van der Waals surface area contributed by atoms with Gasteiger partial charge in [0.2, 0.25) is 0 Å². The molecular weight excluding hydrogens is 274 g/mol. The number of thiophene rings is 1. The molecule has 3 nitrogen and oxygen atoms in total. The Morgan fingerprint density at radius 3 is 2.95 bits per heavy atom. The molecule has 2 aromatic rings. The average molecular weight is 291 g/mol. The van der Waals surface area contributed by atoms with Gasteiger partial charge in [0.1, 0.15) is 10.6 Å². The molecule has 0 bridgehead atoms. The monoisotopic (exact) mass is 291 g/mol. The maximum absolute atomic E-state index is 6.16. The SMILES string of the molecule is C=CCSc1nc(N)c2c3c(sc2n1)CCCCC3. The van der Waals surface area contributed by atoms with Crippen LogP contribution >= 0.6 is 23.1 Å². The number of nitrogens with two attached hydrogens (primary N) is 1. The van der Waals surface area contributed by atoms with Gasteiger partial charge in [0.15, 0.2) is 5.16 Å². The van der Waals surface area contributed by atoms with Crippen LogP contribution in [0.15, 0.2) is 17.8 Å². The average Bonchev–Trinajstić information content (AvgIpc) is 2.59. The summed E-state index contributed by atoms with van der Waals surface area (Å²) < 4.78 is 0. The predicted octanol–water partition coefficient (Wildman–Crippen LogP) is 3.82. The summed E-state index contributed by atoms with van der Waals surface area (Å²) in [6.07, 6.45) is 8.01. The summed E-state index contributed by atoms with van der Waals surface area (Å²) in [5, 5.41) is 1.88. The van der Waals surface area contributed by atoms with E-state index >= 15 is 0 Å². The van der Waals surface area contributed by atoms with E-state index in [1.54, 1.807) is 23.1 Å². The number of fused-ring (bicyclic) bond motifs is 3. The van der Waals surface area contributed by atoms with Gasteiger partial charge in [-0.15, -0.1) is 17.9 Å². The van der Waals surface area contributed by atoms with Gasteiger partial charge in [0, 0.05) is 10.6 Å². The first kappa shape index (κ1) is 12.9. The first-order chi connectivity index (χ1) is 9.29. The Kier molecular flexibility index (Phi) is 3.75. The standard InChI is InChI=1S/C14H17N3S2/c1-2-8-18-14-16-12(15)11-9-6-4-3-5-7-10(9)19-13(11)17-14/h2H,1,3-8H2,(H2,15,16,17). The zero-order chi connectivity index (χ0) is 13.2. The predicted molar refractivity (Wildman–Crippen MR) is 84.0 cm³/mol. The third-order valence-corrected chi connectivity index (χ3v) is 5.43. The molecule has 0 aliphatic heterocycles. The van der Waals surface area contributed by atoms with E-state index < -0.39 is 0 Å². The van der Waals surface area contributed by atoms with E-state index in [1.807, 2.05) is 6.08 Å². The second-order valence-corrected chi connectivity index (χ2v) is 6.81. The summed E-state index contributed by atoms with van der Waals surface area (Å²) >= 11 is 3.39. The van der Waals surface area contributed by atoms with Gasteiger partial charge in [-0.1, -0.05) is 24.3 Å². The smallest absolute Gasteiger partial charge is 0.191 e.